The molecule has 22 nitrogen and oxygen atoms in total. The van der Waals surface area contributed by atoms with Gasteiger partial charge in [0.1, 0.15) is 11.1 Å². The second-order valence-electron chi connectivity index (χ2n) is 9.58. The van der Waals surface area contributed by atoms with E-state index in [4.69, 9.17) is 20.9 Å². The Bertz CT molecular complexity index is 2050. The van der Waals surface area contributed by atoms with Gasteiger partial charge in [0, 0.05) is 21.1 Å². The molecule has 0 aliphatic heterocycles. The summed E-state index contributed by atoms with van der Waals surface area (Å²) in [4.78, 5) is 37.6. The van der Waals surface area contributed by atoms with Crippen molar-refractivity contribution >= 4 is 52.5 Å². The number of methoxy groups -OCH3 is 2. The zero-order valence-electron chi connectivity index (χ0n) is 26.4. The van der Waals surface area contributed by atoms with Gasteiger partial charge in [-0.05, 0) is 13.3 Å². The summed E-state index contributed by atoms with van der Waals surface area (Å²) in [5.74, 6) is -0.665. The van der Waals surface area contributed by atoms with E-state index in [1.165, 1.54) is 45.3 Å². The van der Waals surface area contributed by atoms with Gasteiger partial charge in [-0.3, -0.25) is 0 Å². The lowest BCUT2D eigenvalue weighted by atomic mass is 10.3. The fourth-order valence-corrected chi connectivity index (χ4v) is 4.24. The summed E-state index contributed by atoms with van der Waals surface area (Å²) in [6.45, 7) is 3.52. The third kappa shape index (κ3) is 5.81. The van der Waals surface area contributed by atoms with Crippen molar-refractivity contribution in [3.63, 3.8) is 0 Å². The first-order chi connectivity index (χ1) is 22.5. The van der Waals surface area contributed by atoms with Crippen molar-refractivity contribution < 1.29 is 19.1 Å². The van der Waals surface area contributed by atoms with Gasteiger partial charge < -0.3 is 26.3 Å². The highest BCUT2D eigenvalue weighted by Gasteiger charge is 2.23. The summed E-state index contributed by atoms with van der Waals surface area (Å²) in [6, 6.07) is 0. The highest BCUT2D eigenvalue weighted by Crippen LogP contribution is 2.33. The van der Waals surface area contributed by atoms with Gasteiger partial charge in [-0.2, -0.15) is 44.7 Å². The summed E-state index contributed by atoms with van der Waals surface area (Å²) >= 11 is 0. The van der Waals surface area contributed by atoms with Crippen molar-refractivity contribution in [3.05, 3.63) is 34.9 Å². The first kappa shape index (κ1) is 31.8. The summed E-state index contributed by atoms with van der Waals surface area (Å²) in [5, 5.41) is 36.9. The number of azo groups is 2. The molecule has 47 heavy (non-hydrogen) atoms. The predicted octanol–water partition coefficient (Wildman–Crippen LogP) is 2.19. The molecule has 5 aromatic rings. The molecule has 0 saturated heterocycles. The van der Waals surface area contributed by atoms with E-state index >= 15 is 0 Å². The van der Waals surface area contributed by atoms with Crippen LogP contribution in [0.5, 0.6) is 0 Å². The normalized spacial score (nSPS) is 11.6. The van der Waals surface area contributed by atoms with Gasteiger partial charge in [-0.1, -0.05) is 6.92 Å². The number of nitrogens with two attached hydrogens (primary N) is 2. The van der Waals surface area contributed by atoms with Gasteiger partial charge in [0.2, 0.25) is 5.95 Å². The van der Waals surface area contributed by atoms with Gasteiger partial charge in [-0.15, -0.1) is 20.5 Å². The number of carbonyl (C=O) groups is 2. The van der Waals surface area contributed by atoms with Gasteiger partial charge in [-0.25, -0.2) is 19.0 Å². The van der Waals surface area contributed by atoms with E-state index in [-0.39, 0.29) is 63.6 Å². The predicted molar refractivity (Wildman–Crippen MR) is 164 cm³/mol. The largest absolute Gasteiger partial charge is 0.465 e. The average molecular weight is 647 g/mol. The molecule has 0 amide bonds. The fraction of sp³-hybridized carbons (Fsp3) is 0.320. The first-order valence-electron chi connectivity index (χ1n) is 13.7. The van der Waals surface area contributed by atoms with Crippen molar-refractivity contribution in [2.75, 3.05) is 38.1 Å². The van der Waals surface area contributed by atoms with Crippen LogP contribution in [-0.4, -0.2) is 87.3 Å². The number of esters is 2. The molecule has 22 heteroatoms. The number of anilines is 3. The maximum Gasteiger partial charge on any atom is 0.343 e. The maximum absolute atomic E-state index is 12.2. The number of rotatable bonds is 10. The molecule has 0 aliphatic carbocycles. The van der Waals surface area contributed by atoms with Crippen LogP contribution >= 0.6 is 0 Å². The summed E-state index contributed by atoms with van der Waals surface area (Å²) in [5.41, 5.74) is 14.5. The third-order valence-corrected chi connectivity index (χ3v) is 6.69. The van der Waals surface area contributed by atoms with E-state index in [1.54, 1.807) is 28.1 Å². The zero-order valence-corrected chi connectivity index (χ0v) is 26.4. The Morgan fingerprint density at radius 1 is 0.809 bits per heavy atom. The molecule has 0 fully saturated rings. The van der Waals surface area contributed by atoms with Crippen molar-refractivity contribution in [2.45, 2.75) is 20.3 Å². The number of carbonyl (C=O) groups excluding carboxylic acids is 2. The number of ether oxygens (including phenoxy) is 2. The molecule has 0 atom stereocenters. The smallest absolute Gasteiger partial charge is 0.343 e. The number of nitrogen functional groups attached to an aromatic ring is 2. The van der Waals surface area contributed by atoms with Gasteiger partial charge in [0.15, 0.2) is 34.6 Å². The minimum atomic E-state index is -0.624. The molecule has 0 radical (unpaired) electrons. The van der Waals surface area contributed by atoms with Crippen molar-refractivity contribution in [1.82, 2.24) is 54.1 Å². The zero-order chi connectivity index (χ0) is 34.0. The van der Waals surface area contributed by atoms with Crippen LogP contribution in [0.2, 0.25) is 0 Å². The topological polar surface area (TPSA) is 276 Å². The number of nitrogens with one attached hydrogen (secondary N) is 1. The van der Waals surface area contributed by atoms with E-state index in [0.29, 0.717) is 17.8 Å². The number of aryl methyl sites for hydroxylation is 4. The lowest BCUT2D eigenvalue weighted by Gasteiger charge is -2.08. The van der Waals surface area contributed by atoms with Crippen molar-refractivity contribution in [3.8, 4) is 11.9 Å². The molecule has 5 rings (SSSR count). The second kappa shape index (κ2) is 12.8. The number of hydrogen-bond acceptors (Lipinski definition) is 18. The Labute approximate surface area is 265 Å². The van der Waals surface area contributed by atoms with Crippen molar-refractivity contribution in [1.29, 1.82) is 0 Å². The van der Waals surface area contributed by atoms with Crippen LogP contribution in [0, 0.1) is 6.92 Å². The molecule has 0 aromatic carbocycles. The Morgan fingerprint density at radius 2 is 1.30 bits per heavy atom. The molecule has 0 unspecified atom stereocenters. The number of hydrogen-bond donors (Lipinski definition) is 3. The molecule has 5 aromatic heterocycles. The van der Waals surface area contributed by atoms with Crippen LogP contribution < -0.4 is 16.8 Å². The van der Waals surface area contributed by atoms with Crippen LogP contribution in [0.4, 0.5) is 40.6 Å². The second-order valence-corrected chi connectivity index (χ2v) is 9.58. The summed E-state index contributed by atoms with van der Waals surface area (Å²) in [6.07, 6.45) is 3.07. The lowest BCUT2D eigenvalue weighted by Crippen LogP contribution is -2.15. The van der Waals surface area contributed by atoms with Crippen LogP contribution in [0.1, 0.15) is 39.0 Å². The van der Waals surface area contributed by atoms with Crippen LogP contribution in [0.3, 0.4) is 0 Å². The van der Waals surface area contributed by atoms with E-state index in [9.17, 15) is 9.59 Å². The molecular formula is C25H30N18O4. The van der Waals surface area contributed by atoms with E-state index in [1.807, 2.05) is 6.92 Å². The van der Waals surface area contributed by atoms with E-state index in [2.05, 4.69) is 61.1 Å². The van der Waals surface area contributed by atoms with Gasteiger partial charge in [0.05, 0.1) is 38.0 Å². The quantitative estimate of drug-likeness (QED) is 0.145. The third-order valence-electron chi connectivity index (χ3n) is 6.69. The minimum absolute atomic E-state index is 0.00547. The molecule has 0 saturated carbocycles. The van der Waals surface area contributed by atoms with Crippen LogP contribution in [0.15, 0.2) is 32.9 Å². The van der Waals surface area contributed by atoms with Crippen LogP contribution in [0.25, 0.3) is 11.9 Å². The molecule has 0 bridgehead atoms. The van der Waals surface area contributed by atoms with E-state index < -0.39 is 11.9 Å². The minimum Gasteiger partial charge on any atom is -0.465 e. The number of nitrogens with zero attached hydrogens (tertiary/aromatic N) is 15. The number of aromatic nitrogens is 11. The average Bonchev–Trinajstić information content (AvgIpc) is 3.81. The van der Waals surface area contributed by atoms with Gasteiger partial charge in [0.25, 0.3) is 11.9 Å². The molecular weight excluding hydrogens is 616 g/mol. The molecule has 0 spiro atoms. The standard InChI is InChI=1S/C25H30N18O4/c1-8-14-16(35-37-20-13(22(45)47-7)10-30-41(20)5)18(27)43(39-14)25-32-23(28-3)31-24(33-25)42-17(26)15(11(2)38-42)34-36-19-12(21(44)46-6)9-29-40(19)4/h9-10H,8,26-27H2,1-7H3,(H,28,31,32,33). The maximum atomic E-state index is 12.2. The van der Waals surface area contributed by atoms with Gasteiger partial charge >= 0.3 is 11.9 Å². The SMILES string of the molecule is CCc1nn(-c2nc(NC)nc(-n3nc(C)c(N=Nc4c(C(=O)OC)cnn4C)c3N)n2)c(N)c1N=Nc1c(C(=O)OC)cnn1C. The van der Waals surface area contributed by atoms with E-state index in [0.717, 1.165) is 0 Å². The summed E-state index contributed by atoms with van der Waals surface area (Å²) < 4.78 is 14.8. The highest BCUT2D eigenvalue weighted by atomic mass is 16.5. The first-order valence-corrected chi connectivity index (χ1v) is 13.7. The Hall–Kier alpha value is -6.61. The molecule has 5 heterocycles. The Balaban J connectivity index is 1.55. The molecule has 5 N–H and O–H groups in total. The summed E-state index contributed by atoms with van der Waals surface area (Å²) in [7, 11) is 7.32. The molecule has 0 aliphatic rings. The Morgan fingerprint density at radius 3 is 1.79 bits per heavy atom. The van der Waals surface area contributed by atoms with Crippen molar-refractivity contribution in [2.24, 2.45) is 34.6 Å². The Kier molecular flexibility index (Phi) is 8.65. The molecule has 244 valence electrons. The highest BCUT2D eigenvalue weighted by molar-refractivity contribution is 5.94. The fourth-order valence-electron chi connectivity index (χ4n) is 4.24. The van der Waals surface area contributed by atoms with Crippen LogP contribution in [-0.2, 0) is 30.0 Å². The lowest BCUT2D eigenvalue weighted by molar-refractivity contribution is 0.0592. The monoisotopic (exact) mass is 646 g/mol.